The van der Waals surface area contributed by atoms with E-state index in [9.17, 15) is 19.8 Å². The SMILES string of the molecule is CC(C)(C)CC1CC(c2onc(C(CCCO)CC(=O)OC(C)(C)C)c2C(=O)[O-])C1. The maximum Gasteiger partial charge on any atom is 0.306 e. The Hall–Kier alpha value is -1.89. The Morgan fingerprint density at radius 1 is 1.23 bits per heavy atom. The van der Waals surface area contributed by atoms with Gasteiger partial charge >= 0.3 is 5.97 Å². The molecule has 0 aliphatic heterocycles. The lowest BCUT2D eigenvalue weighted by atomic mass is 9.67. The summed E-state index contributed by atoms with van der Waals surface area (Å²) in [4.78, 5) is 24.3. The van der Waals surface area contributed by atoms with Crippen molar-refractivity contribution in [3.63, 3.8) is 0 Å². The minimum absolute atomic E-state index is 0.00604. The Morgan fingerprint density at radius 2 is 1.87 bits per heavy atom. The highest BCUT2D eigenvalue weighted by atomic mass is 16.6. The number of nitrogens with zero attached hydrogens (tertiary/aromatic N) is 1. The van der Waals surface area contributed by atoms with E-state index in [4.69, 9.17) is 9.26 Å². The number of hydrogen-bond donors (Lipinski definition) is 1. The van der Waals surface area contributed by atoms with Crippen LogP contribution in [0, 0.1) is 11.3 Å². The standard InChI is InChI=1S/C23H37NO6/c1-22(2,3)13-14-10-16(11-14)20-18(21(27)28)19(24-30-20)15(8-7-9-25)12-17(26)29-23(4,5)6/h14-16,25H,7-13H2,1-6H3,(H,27,28)/p-1. The number of ether oxygens (including phenoxy) is 1. The third-order valence-electron chi connectivity index (χ3n) is 5.39. The average Bonchev–Trinajstić information content (AvgIpc) is 2.96. The second-order valence-electron chi connectivity index (χ2n) is 10.7. The number of rotatable bonds is 9. The number of carboxylic acid groups (broad SMARTS) is 1. The van der Waals surface area contributed by atoms with Gasteiger partial charge in [-0.1, -0.05) is 25.9 Å². The van der Waals surface area contributed by atoms with Crippen LogP contribution in [0.1, 0.15) is 114 Å². The molecule has 0 bridgehead atoms. The summed E-state index contributed by atoms with van der Waals surface area (Å²) in [5.41, 5.74) is -0.217. The maximum atomic E-state index is 12.4. The largest absolute Gasteiger partial charge is 0.545 e. The number of carboxylic acids is 1. The molecule has 0 aromatic carbocycles. The molecule has 1 unspecified atom stereocenters. The van der Waals surface area contributed by atoms with Crippen LogP contribution in [0.4, 0.5) is 0 Å². The summed E-state index contributed by atoms with van der Waals surface area (Å²) < 4.78 is 10.9. The van der Waals surface area contributed by atoms with Crippen LogP contribution in [-0.2, 0) is 9.53 Å². The second kappa shape index (κ2) is 9.50. The van der Waals surface area contributed by atoms with E-state index >= 15 is 0 Å². The van der Waals surface area contributed by atoms with Crippen LogP contribution in [0.2, 0.25) is 0 Å². The van der Waals surface area contributed by atoms with Crippen molar-refractivity contribution in [1.82, 2.24) is 5.16 Å². The number of aromatic nitrogens is 1. The van der Waals surface area contributed by atoms with E-state index in [-0.39, 0.29) is 35.6 Å². The quantitative estimate of drug-likeness (QED) is 0.605. The predicted octanol–water partition coefficient (Wildman–Crippen LogP) is 3.56. The summed E-state index contributed by atoms with van der Waals surface area (Å²) in [5.74, 6) is -1.39. The van der Waals surface area contributed by atoms with Crippen LogP contribution in [0.5, 0.6) is 0 Å². The summed E-state index contributed by atoms with van der Waals surface area (Å²) in [6.07, 6.45) is 3.58. The van der Waals surface area contributed by atoms with Crippen molar-refractivity contribution in [2.24, 2.45) is 11.3 Å². The maximum absolute atomic E-state index is 12.4. The summed E-state index contributed by atoms with van der Waals surface area (Å²) in [6.45, 7) is 11.9. The summed E-state index contributed by atoms with van der Waals surface area (Å²) in [6, 6.07) is 0. The Bertz CT molecular complexity index is 734. The van der Waals surface area contributed by atoms with E-state index in [0.717, 1.165) is 19.3 Å². The van der Waals surface area contributed by atoms with Crippen LogP contribution >= 0.6 is 0 Å². The molecule has 7 heteroatoms. The molecule has 0 saturated heterocycles. The first-order valence-corrected chi connectivity index (χ1v) is 10.8. The molecule has 7 nitrogen and oxygen atoms in total. The van der Waals surface area contributed by atoms with Crippen molar-refractivity contribution >= 4 is 11.9 Å². The van der Waals surface area contributed by atoms with Gasteiger partial charge in [-0.05, 0) is 64.2 Å². The molecule has 1 aliphatic rings. The van der Waals surface area contributed by atoms with Crippen molar-refractivity contribution in [3.8, 4) is 0 Å². The fourth-order valence-corrected chi connectivity index (χ4v) is 4.32. The molecule has 0 spiro atoms. The van der Waals surface area contributed by atoms with Gasteiger partial charge in [0.1, 0.15) is 11.4 Å². The summed E-state index contributed by atoms with van der Waals surface area (Å²) in [7, 11) is 0. The van der Waals surface area contributed by atoms with Gasteiger partial charge in [-0.15, -0.1) is 0 Å². The van der Waals surface area contributed by atoms with E-state index in [1.165, 1.54) is 0 Å². The van der Waals surface area contributed by atoms with Crippen molar-refractivity contribution in [2.45, 2.75) is 97.5 Å². The predicted molar refractivity (Wildman–Crippen MR) is 110 cm³/mol. The summed E-state index contributed by atoms with van der Waals surface area (Å²) in [5, 5.41) is 25.3. The number of carbonyl (C=O) groups excluding carboxylic acids is 2. The minimum atomic E-state index is -1.33. The highest BCUT2D eigenvalue weighted by Crippen LogP contribution is 2.48. The van der Waals surface area contributed by atoms with Crippen molar-refractivity contribution < 1.29 is 29.1 Å². The van der Waals surface area contributed by atoms with Gasteiger partial charge in [0, 0.05) is 18.4 Å². The zero-order valence-corrected chi connectivity index (χ0v) is 19.1. The molecule has 0 amide bonds. The Kier molecular flexibility index (Phi) is 7.72. The van der Waals surface area contributed by atoms with Crippen LogP contribution in [0.25, 0.3) is 0 Å². The number of carbonyl (C=O) groups is 2. The zero-order chi connectivity index (χ0) is 22.7. The molecule has 1 saturated carbocycles. The van der Waals surface area contributed by atoms with Gasteiger partial charge in [-0.2, -0.15) is 0 Å². The highest BCUT2D eigenvalue weighted by molar-refractivity contribution is 5.89. The van der Waals surface area contributed by atoms with Gasteiger partial charge < -0.3 is 24.3 Å². The van der Waals surface area contributed by atoms with Gasteiger partial charge in [0.15, 0.2) is 0 Å². The van der Waals surface area contributed by atoms with E-state index in [0.29, 0.717) is 24.5 Å². The molecule has 1 aromatic rings. The summed E-state index contributed by atoms with van der Waals surface area (Å²) >= 11 is 0. The van der Waals surface area contributed by atoms with E-state index in [1.54, 1.807) is 20.8 Å². The normalized spacial score (nSPS) is 20.5. The number of aliphatic hydroxyl groups is 1. The second-order valence-corrected chi connectivity index (χ2v) is 10.7. The fourth-order valence-electron chi connectivity index (χ4n) is 4.32. The van der Waals surface area contributed by atoms with Crippen molar-refractivity contribution in [3.05, 3.63) is 17.0 Å². The van der Waals surface area contributed by atoms with Gasteiger partial charge in [0.25, 0.3) is 0 Å². The number of aliphatic hydroxyl groups excluding tert-OH is 1. The van der Waals surface area contributed by atoms with Crippen LogP contribution in [-0.4, -0.2) is 34.4 Å². The van der Waals surface area contributed by atoms with Crippen LogP contribution in [0.15, 0.2) is 4.52 Å². The molecule has 1 atom stereocenters. The Balaban J connectivity index is 2.21. The van der Waals surface area contributed by atoms with E-state index in [1.807, 2.05) is 0 Å². The van der Waals surface area contributed by atoms with Crippen LogP contribution < -0.4 is 5.11 Å². The third kappa shape index (κ3) is 6.83. The van der Waals surface area contributed by atoms with Crippen molar-refractivity contribution in [2.75, 3.05) is 6.61 Å². The lowest BCUT2D eigenvalue weighted by Gasteiger charge is -2.38. The van der Waals surface area contributed by atoms with Crippen LogP contribution in [0.3, 0.4) is 0 Å². The van der Waals surface area contributed by atoms with Gasteiger partial charge in [0.05, 0.1) is 23.6 Å². The first-order chi connectivity index (χ1) is 13.8. The molecule has 0 radical (unpaired) electrons. The number of hydrogen-bond acceptors (Lipinski definition) is 7. The lowest BCUT2D eigenvalue weighted by molar-refractivity contribution is -0.255. The fraction of sp³-hybridized carbons (Fsp3) is 0.783. The molecule has 30 heavy (non-hydrogen) atoms. The smallest absolute Gasteiger partial charge is 0.306 e. The lowest BCUT2D eigenvalue weighted by Crippen LogP contribution is -2.30. The van der Waals surface area contributed by atoms with Gasteiger partial charge in [-0.25, -0.2) is 0 Å². The first kappa shape index (κ1) is 24.4. The molecule has 1 aliphatic carbocycles. The number of esters is 1. The Morgan fingerprint density at radius 3 is 2.37 bits per heavy atom. The van der Waals surface area contributed by atoms with Gasteiger partial charge in [-0.3, -0.25) is 4.79 Å². The molecule has 1 heterocycles. The minimum Gasteiger partial charge on any atom is -0.545 e. The van der Waals surface area contributed by atoms with Gasteiger partial charge in [0.2, 0.25) is 0 Å². The molecule has 1 N–H and O–H groups in total. The highest BCUT2D eigenvalue weighted by Gasteiger charge is 2.38. The molecule has 170 valence electrons. The third-order valence-corrected chi connectivity index (χ3v) is 5.39. The zero-order valence-electron chi connectivity index (χ0n) is 19.1. The van der Waals surface area contributed by atoms with Crippen molar-refractivity contribution in [1.29, 1.82) is 0 Å². The average molecular weight is 423 g/mol. The topological polar surface area (TPSA) is 113 Å². The Labute approximate surface area is 179 Å². The monoisotopic (exact) mass is 422 g/mol. The van der Waals surface area contributed by atoms with E-state index in [2.05, 4.69) is 25.9 Å². The van der Waals surface area contributed by atoms with E-state index < -0.39 is 23.5 Å². The first-order valence-electron chi connectivity index (χ1n) is 10.8. The number of aromatic carboxylic acids is 1. The molecule has 1 aromatic heterocycles. The molecular formula is C23H36NO6-. The molecular weight excluding hydrogens is 386 g/mol. The molecule has 1 fully saturated rings. The molecule has 2 rings (SSSR count).